The third-order valence-corrected chi connectivity index (χ3v) is 3.77. The van der Waals surface area contributed by atoms with Crippen LogP contribution >= 0.6 is 0 Å². The van der Waals surface area contributed by atoms with Crippen molar-refractivity contribution in [3.63, 3.8) is 0 Å². The zero-order chi connectivity index (χ0) is 12.7. The second-order valence-corrected chi connectivity index (χ2v) is 5.42. The Hall–Kier alpha value is -1.65. The van der Waals surface area contributed by atoms with Gasteiger partial charge in [0.25, 0.3) is 5.56 Å². The van der Waals surface area contributed by atoms with Gasteiger partial charge in [0, 0.05) is 44.5 Å². The van der Waals surface area contributed by atoms with Crippen LogP contribution in [0.3, 0.4) is 0 Å². The minimum absolute atomic E-state index is 0.00824. The highest BCUT2D eigenvalue weighted by Gasteiger charge is 2.28. The van der Waals surface area contributed by atoms with E-state index in [9.17, 15) is 9.59 Å². The summed E-state index contributed by atoms with van der Waals surface area (Å²) >= 11 is 0. The number of amides is 1. The SMILES string of the molecule is CN1CC(Cn2cnc(C3CC3)cc2=O)CC1=O. The van der Waals surface area contributed by atoms with Gasteiger partial charge >= 0.3 is 0 Å². The van der Waals surface area contributed by atoms with Crippen molar-refractivity contribution < 1.29 is 4.79 Å². The van der Waals surface area contributed by atoms with E-state index in [2.05, 4.69) is 4.98 Å². The van der Waals surface area contributed by atoms with Gasteiger partial charge in [0.15, 0.2) is 0 Å². The van der Waals surface area contributed by atoms with Crippen LogP contribution in [-0.4, -0.2) is 34.0 Å². The molecule has 2 fully saturated rings. The van der Waals surface area contributed by atoms with Gasteiger partial charge < -0.3 is 4.90 Å². The molecule has 18 heavy (non-hydrogen) atoms. The molecular formula is C13H17N3O2. The largest absolute Gasteiger partial charge is 0.345 e. The maximum absolute atomic E-state index is 11.9. The van der Waals surface area contributed by atoms with E-state index in [1.807, 2.05) is 0 Å². The standard InChI is InChI=1S/C13H17N3O2/c1-15-6-9(4-12(15)17)7-16-8-14-11(5-13(16)18)10-2-3-10/h5,8-10H,2-4,6-7H2,1H3. The highest BCUT2D eigenvalue weighted by Crippen LogP contribution is 2.38. The first-order valence-electron chi connectivity index (χ1n) is 6.44. The molecule has 1 aliphatic carbocycles. The molecule has 1 unspecified atom stereocenters. The van der Waals surface area contributed by atoms with Crippen LogP contribution in [0.1, 0.15) is 30.9 Å². The van der Waals surface area contributed by atoms with Crippen LogP contribution in [0.25, 0.3) is 0 Å². The first kappa shape index (κ1) is 11.4. The number of hydrogen-bond acceptors (Lipinski definition) is 3. The molecule has 0 spiro atoms. The fourth-order valence-electron chi connectivity index (χ4n) is 2.54. The molecule has 5 heteroatoms. The third kappa shape index (κ3) is 2.17. The lowest BCUT2D eigenvalue weighted by atomic mass is 10.1. The molecule has 1 atom stereocenters. The second kappa shape index (κ2) is 4.23. The van der Waals surface area contributed by atoms with Crippen molar-refractivity contribution in [2.24, 2.45) is 5.92 Å². The van der Waals surface area contributed by atoms with Crippen LogP contribution in [-0.2, 0) is 11.3 Å². The van der Waals surface area contributed by atoms with Gasteiger partial charge in [-0.2, -0.15) is 0 Å². The fourth-order valence-corrected chi connectivity index (χ4v) is 2.54. The number of aromatic nitrogens is 2. The zero-order valence-corrected chi connectivity index (χ0v) is 10.5. The molecule has 1 aromatic rings. The molecule has 1 saturated heterocycles. The molecule has 2 aliphatic rings. The molecule has 1 aliphatic heterocycles. The Morgan fingerprint density at radius 1 is 1.39 bits per heavy atom. The maximum atomic E-state index is 11.9. The number of carbonyl (C=O) groups excluding carboxylic acids is 1. The summed E-state index contributed by atoms with van der Waals surface area (Å²) in [6, 6.07) is 1.65. The van der Waals surface area contributed by atoms with Crippen LogP contribution in [0.2, 0.25) is 0 Å². The molecule has 0 aromatic carbocycles. The van der Waals surface area contributed by atoms with Crippen molar-refractivity contribution in [2.45, 2.75) is 31.7 Å². The Kier molecular flexibility index (Phi) is 2.69. The number of nitrogens with zero attached hydrogens (tertiary/aromatic N) is 3. The van der Waals surface area contributed by atoms with Crippen LogP contribution in [0.4, 0.5) is 0 Å². The molecule has 3 rings (SSSR count). The summed E-state index contributed by atoms with van der Waals surface area (Å²) < 4.78 is 1.63. The van der Waals surface area contributed by atoms with E-state index in [0.717, 1.165) is 25.1 Å². The van der Waals surface area contributed by atoms with Gasteiger partial charge in [0.2, 0.25) is 5.91 Å². The van der Waals surface area contributed by atoms with E-state index >= 15 is 0 Å². The summed E-state index contributed by atoms with van der Waals surface area (Å²) in [7, 11) is 1.81. The van der Waals surface area contributed by atoms with Gasteiger partial charge in [-0.1, -0.05) is 0 Å². The predicted molar refractivity (Wildman–Crippen MR) is 66.2 cm³/mol. The molecule has 0 N–H and O–H groups in total. The van der Waals surface area contributed by atoms with Gasteiger partial charge in [-0.05, 0) is 12.8 Å². The van der Waals surface area contributed by atoms with Gasteiger partial charge in [-0.3, -0.25) is 14.2 Å². The van der Waals surface area contributed by atoms with Crippen LogP contribution in [0.5, 0.6) is 0 Å². The Labute approximate surface area is 105 Å². The van der Waals surface area contributed by atoms with Crippen LogP contribution in [0, 0.1) is 5.92 Å². The second-order valence-electron chi connectivity index (χ2n) is 5.42. The lowest BCUT2D eigenvalue weighted by molar-refractivity contribution is -0.126. The number of carbonyl (C=O) groups is 1. The Balaban J connectivity index is 1.73. The first-order chi connectivity index (χ1) is 8.63. The highest BCUT2D eigenvalue weighted by atomic mass is 16.2. The summed E-state index contributed by atoms with van der Waals surface area (Å²) in [5.74, 6) is 0.899. The van der Waals surface area contributed by atoms with E-state index in [4.69, 9.17) is 0 Å². The Morgan fingerprint density at radius 3 is 2.72 bits per heavy atom. The molecular weight excluding hydrogens is 230 g/mol. The number of likely N-dealkylation sites (tertiary alicyclic amines) is 1. The van der Waals surface area contributed by atoms with Crippen molar-refractivity contribution in [2.75, 3.05) is 13.6 Å². The first-order valence-corrected chi connectivity index (χ1v) is 6.44. The van der Waals surface area contributed by atoms with Gasteiger partial charge in [0.05, 0.1) is 12.0 Å². The molecule has 1 amide bonds. The molecule has 1 saturated carbocycles. The van der Waals surface area contributed by atoms with Crippen molar-refractivity contribution in [3.05, 3.63) is 28.4 Å². The molecule has 0 radical (unpaired) electrons. The van der Waals surface area contributed by atoms with E-state index < -0.39 is 0 Å². The van der Waals surface area contributed by atoms with E-state index in [0.29, 0.717) is 18.9 Å². The topological polar surface area (TPSA) is 55.2 Å². The normalized spacial score (nSPS) is 23.7. The van der Waals surface area contributed by atoms with Crippen molar-refractivity contribution in [3.8, 4) is 0 Å². The minimum atomic E-state index is 0.00824. The van der Waals surface area contributed by atoms with Crippen LogP contribution in [0.15, 0.2) is 17.2 Å². The summed E-state index contributed by atoms with van der Waals surface area (Å²) in [5, 5.41) is 0. The smallest absolute Gasteiger partial charge is 0.253 e. The van der Waals surface area contributed by atoms with E-state index in [1.165, 1.54) is 0 Å². The maximum Gasteiger partial charge on any atom is 0.253 e. The fraction of sp³-hybridized carbons (Fsp3) is 0.615. The zero-order valence-electron chi connectivity index (χ0n) is 10.5. The lowest BCUT2D eigenvalue weighted by Gasteiger charge is -2.12. The van der Waals surface area contributed by atoms with E-state index in [1.54, 1.807) is 28.9 Å². The molecule has 1 aromatic heterocycles. The quantitative estimate of drug-likeness (QED) is 0.786. The summed E-state index contributed by atoms with van der Waals surface area (Å²) in [5.41, 5.74) is 0.935. The van der Waals surface area contributed by atoms with Gasteiger partial charge in [0.1, 0.15) is 0 Å². The van der Waals surface area contributed by atoms with Gasteiger partial charge in [-0.15, -0.1) is 0 Å². The lowest BCUT2D eigenvalue weighted by Crippen LogP contribution is -2.25. The Morgan fingerprint density at radius 2 is 2.17 bits per heavy atom. The van der Waals surface area contributed by atoms with Crippen molar-refractivity contribution in [1.29, 1.82) is 0 Å². The Bertz CT molecular complexity index is 533. The number of hydrogen-bond donors (Lipinski definition) is 0. The molecule has 5 nitrogen and oxygen atoms in total. The minimum Gasteiger partial charge on any atom is -0.345 e. The predicted octanol–water partition coefficient (Wildman–Crippen LogP) is 0.599. The molecule has 2 heterocycles. The molecule has 0 bridgehead atoms. The monoisotopic (exact) mass is 247 g/mol. The average Bonchev–Trinajstić information content (AvgIpc) is 3.11. The van der Waals surface area contributed by atoms with Crippen molar-refractivity contribution >= 4 is 5.91 Å². The number of rotatable bonds is 3. The highest BCUT2D eigenvalue weighted by molar-refractivity contribution is 5.78. The average molecular weight is 247 g/mol. The van der Waals surface area contributed by atoms with E-state index in [-0.39, 0.29) is 17.4 Å². The summed E-state index contributed by atoms with van der Waals surface area (Å²) in [4.78, 5) is 29.5. The molecule has 96 valence electrons. The van der Waals surface area contributed by atoms with Crippen molar-refractivity contribution in [1.82, 2.24) is 14.5 Å². The summed E-state index contributed by atoms with van der Waals surface area (Å²) in [6.07, 6.45) is 4.48. The summed E-state index contributed by atoms with van der Waals surface area (Å²) in [6.45, 7) is 1.32. The third-order valence-electron chi connectivity index (χ3n) is 3.77. The van der Waals surface area contributed by atoms with Crippen LogP contribution < -0.4 is 5.56 Å². The van der Waals surface area contributed by atoms with Gasteiger partial charge in [-0.25, -0.2) is 4.98 Å².